The van der Waals surface area contributed by atoms with Crippen LogP contribution in [0.5, 0.6) is 0 Å². The van der Waals surface area contributed by atoms with E-state index in [1.165, 1.54) is 0 Å². The van der Waals surface area contributed by atoms with Crippen LogP contribution in [0.25, 0.3) is 0 Å². The molecular weight excluding hydrogens is 180 g/mol. The van der Waals surface area contributed by atoms with Gasteiger partial charge in [-0.1, -0.05) is 0 Å². The Hall–Kier alpha value is 0.0300. The standard InChI is InChI=1S/C7H14O4S/c1-6(2)11-7(3-10-4-7)5-12(8)9/h6H,3-5H2,1-2H3,(H,8,9). The molecule has 0 saturated carbocycles. The minimum absolute atomic E-state index is 0.0671. The molecule has 0 spiro atoms. The number of hydrogen-bond donors (Lipinski definition) is 1. The summed E-state index contributed by atoms with van der Waals surface area (Å²) in [5.41, 5.74) is -0.506. The lowest BCUT2D eigenvalue weighted by Gasteiger charge is -2.41. The molecule has 12 heavy (non-hydrogen) atoms. The van der Waals surface area contributed by atoms with Gasteiger partial charge in [0.2, 0.25) is 0 Å². The first-order chi connectivity index (χ1) is 5.54. The Morgan fingerprint density at radius 1 is 1.67 bits per heavy atom. The molecule has 0 aliphatic carbocycles. The van der Waals surface area contributed by atoms with Crippen LogP contribution >= 0.6 is 0 Å². The van der Waals surface area contributed by atoms with E-state index in [2.05, 4.69) is 0 Å². The summed E-state index contributed by atoms with van der Waals surface area (Å²) in [4.78, 5) is 0. The molecule has 1 aliphatic heterocycles. The van der Waals surface area contributed by atoms with E-state index in [4.69, 9.17) is 14.0 Å². The van der Waals surface area contributed by atoms with E-state index in [0.717, 1.165) is 0 Å². The molecule has 1 unspecified atom stereocenters. The van der Waals surface area contributed by atoms with Gasteiger partial charge in [0.05, 0.1) is 25.1 Å². The van der Waals surface area contributed by atoms with E-state index >= 15 is 0 Å². The first-order valence-electron chi connectivity index (χ1n) is 3.87. The Morgan fingerprint density at radius 3 is 2.50 bits per heavy atom. The predicted molar refractivity (Wildman–Crippen MR) is 45.4 cm³/mol. The first-order valence-corrected chi connectivity index (χ1v) is 5.15. The summed E-state index contributed by atoms with van der Waals surface area (Å²) >= 11 is -1.81. The third kappa shape index (κ3) is 2.52. The van der Waals surface area contributed by atoms with Crippen molar-refractivity contribution in [3.8, 4) is 0 Å². The zero-order chi connectivity index (χ0) is 9.19. The normalized spacial score (nSPS) is 23.7. The Labute approximate surface area is 74.5 Å². The fourth-order valence-electron chi connectivity index (χ4n) is 1.24. The van der Waals surface area contributed by atoms with Crippen molar-refractivity contribution in [1.29, 1.82) is 0 Å². The van der Waals surface area contributed by atoms with E-state index < -0.39 is 16.7 Å². The number of hydrogen-bond acceptors (Lipinski definition) is 3. The minimum Gasteiger partial charge on any atom is -0.375 e. The van der Waals surface area contributed by atoms with Crippen LogP contribution in [0.3, 0.4) is 0 Å². The van der Waals surface area contributed by atoms with Gasteiger partial charge in [-0.2, -0.15) is 0 Å². The molecule has 0 amide bonds. The average Bonchev–Trinajstić information content (AvgIpc) is 1.80. The van der Waals surface area contributed by atoms with Crippen molar-refractivity contribution in [3.05, 3.63) is 0 Å². The highest BCUT2D eigenvalue weighted by molar-refractivity contribution is 7.79. The highest BCUT2D eigenvalue weighted by Crippen LogP contribution is 2.24. The Balaban J connectivity index is 2.45. The lowest BCUT2D eigenvalue weighted by molar-refractivity contribution is -0.212. The molecule has 1 heterocycles. The fourth-order valence-corrected chi connectivity index (χ4v) is 1.92. The molecule has 4 nitrogen and oxygen atoms in total. The maximum atomic E-state index is 10.6. The summed E-state index contributed by atoms with van der Waals surface area (Å²) in [5.74, 6) is 0.144. The van der Waals surface area contributed by atoms with Gasteiger partial charge in [-0.25, -0.2) is 4.21 Å². The molecule has 1 aliphatic rings. The molecule has 0 radical (unpaired) electrons. The average molecular weight is 194 g/mol. The molecule has 1 saturated heterocycles. The van der Waals surface area contributed by atoms with Gasteiger partial charge in [-0.15, -0.1) is 0 Å². The Kier molecular flexibility index (Phi) is 3.22. The van der Waals surface area contributed by atoms with Crippen molar-refractivity contribution in [2.45, 2.75) is 25.6 Å². The molecule has 0 aromatic carbocycles. The van der Waals surface area contributed by atoms with E-state index in [1.54, 1.807) is 0 Å². The van der Waals surface area contributed by atoms with Crippen LogP contribution in [0, 0.1) is 0 Å². The minimum atomic E-state index is -1.81. The second-order valence-electron chi connectivity index (χ2n) is 3.31. The molecule has 1 rings (SSSR count). The summed E-state index contributed by atoms with van der Waals surface area (Å²) in [5, 5.41) is 0. The van der Waals surface area contributed by atoms with Gasteiger partial charge >= 0.3 is 0 Å². The van der Waals surface area contributed by atoms with Crippen LogP contribution in [0.1, 0.15) is 13.8 Å². The number of ether oxygens (including phenoxy) is 2. The molecular formula is C7H14O4S. The monoisotopic (exact) mass is 194 g/mol. The van der Waals surface area contributed by atoms with Crippen molar-refractivity contribution in [1.82, 2.24) is 0 Å². The van der Waals surface area contributed by atoms with Gasteiger partial charge in [0.1, 0.15) is 5.60 Å². The smallest absolute Gasteiger partial charge is 0.155 e. The maximum absolute atomic E-state index is 10.6. The predicted octanol–water partition coefficient (Wildman–Crippen LogP) is 0.402. The van der Waals surface area contributed by atoms with Crippen LogP contribution in [-0.2, 0) is 20.6 Å². The van der Waals surface area contributed by atoms with Crippen molar-refractivity contribution in [2.24, 2.45) is 0 Å². The lowest BCUT2D eigenvalue weighted by Crippen LogP contribution is -2.56. The van der Waals surface area contributed by atoms with Gasteiger partial charge in [-0.3, -0.25) is 0 Å². The van der Waals surface area contributed by atoms with E-state index in [1.807, 2.05) is 13.8 Å². The maximum Gasteiger partial charge on any atom is 0.155 e. The van der Waals surface area contributed by atoms with Crippen molar-refractivity contribution in [3.63, 3.8) is 0 Å². The Bertz CT molecular complexity index is 176. The Morgan fingerprint density at radius 2 is 2.25 bits per heavy atom. The van der Waals surface area contributed by atoms with Crippen molar-refractivity contribution >= 4 is 11.1 Å². The molecule has 0 bridgehead atoms. The SMILES string of the molecule is CC(C)OC1(CS(=O)O)COC1. The molecule has 1 fully saturated rings. The first kappa shape index (κ1) is 10.1. The van der Waals surface area contributed by atoms with E-state index in [9.17, 15) is 4.21 Å². The van der Waals surface area contributed by atoms with Crippen molar-refractivity contribution < 1.29 is 18.2 Å². The second-order valence-corrected chi connectivity index (χ2v) is 4.24. The fraction of sp³-hybridized carbons (Fsp3) is 1.00. The highest BCUT2D eigenvalue weighted by Gasteiger charge is 2.42. The molecule has 0 aromatic rings. The summed E-state index contributed by atoms with van der Waals surface area (Å²) in [6.45, 7) is 4.66. The quantitative estimate of drug-likeness (QED) is 0.658. The second kappa shape index (κ2) is 3.83. The largest absolute Gasteiger partial charge is 0.375 e. The molecule has 72 valence electrons. The van der Waals surface area contributed by atoms with Crippen LogP contribution < -0.4 is 0 Å². The molecule has 5 heteroatoms. The zero-order valence-electron chi connectivity index (χ0n) is 7.28. The molecule has 1 N–H and O–H groups in total. The van der Waals surface area contributed by atoms with Gasteiger partial charge in [0.25, 0.3) is 0 Å². The summed E-state index contributed by atoms with van der Waals surface area (Å²) in [6.07, 6.45) is 0.0671. The summed E-state index contributed by atoms with van der Waals surface area (Å²) in [6, 6.07) is 0. The van der Waals surface area contributed by atoms with Gasteiger partial charge in [-0.05, 0) is 13.8 Å². The highest BCUT2D eigenvalue weighted by atomic mass is 32.2. The summed E-state index contributed by atoms with van der Waals surface area (Å²) < 4.78 is 29.7. The molecule has 1 atom stereocenters. The third-order valence-electron chi connectivity index (χ3n) is 1.60. The number of rotatable bonds is 4. The van der Waals surface area contributed by atoms with Crippen LogP contribution in [-0.4, -0.2) is 39.4 Å². The third-order valence-corrected chi connectivity index (χ3v) is 2.38. The van der Waals surface area contributed by atoms with Gasteiger partial charge in [0, 0.05) is 0 Å². The van der Waals surface area contributed by atoms with E-state index in [0.29, 0.717) is 13.2 Å². The van der Waals surface area contributed by atoms with Gasteiger partial charge < -0.3 is 14.0 Å². The lowest BCUT2D eigenvalue weighted by atomic mass is 10.1. The van der Waals surface area contributed by atoms with E-state index in [-0.39, 0.29) is 11.9 Å². The topological polar surface area (TPSA) is 55.8 Å². The summed E-state index contributed by atoms with van der Waals surface area (Å²) in [7, 11) is 0. The molecule has 0 aromatic heterocycles. The van der Waals surface area contributed by atoms with Crippen LogP contribution in [0.15, 0.2) is 0 Å². The zero-order valence-corrected chi connectivity index (χ0v) is 8.10. The van der Waals surface area contributed by atoms with Gasteiger partial charge in [0.15, 0.2) is 11.1 Å². The van der Waals surface area contributed by atoms with Crippen LogP contribution in [0.4, 0.5) is 0 Å². The van der Waals surface area contributed by atoms with Crippen molar-refractivity contribution in [2.75, 3.05) is 19.0 Å². The van der Waals surface area contributed by atoms with Crippen LogP contribution in [0.2, 0.25) is 0 Å².